The Balaban J connectivity index is 0.000000108. The molecule has 0 aliphatic rings. The van der Waals surface area contributed by atoms with Gasteiger partial charge in [0, 0.05) is 146 Å². The first-order valence-electron chi connectivity index (χ1n) is 42.8. The van der Waals surface area contributed by atoms with Gasteiger partial charge in [-0.05, 0) is 40.4 Å². The molecule has 0 amide bonds. The van der Waals surface area contributed by atoms with E-state index in [-0.39, 0.29) is 0 Å². The number of hydrogen-bond acceptors (Lipinski definition) is 14. The van der Waals surface area contributed by atoms with Crippen LogP contribution >= 0.6 is 34.0 Å². The van der Waals surface area contributed by atoms with Crippen LogP contribution in [-0.4, -0.2) is 54.8 Å². The number of nitrogens with zero attached hydrogens (tertiary/aromatic N) is 11. The van der Waals surface area contributed by atoms with E-state index in [1.54, 1.807) is 0 Å². The Morgan fingerprint density at radius 3 is 0.783 bits per heavy atom. The maximum absolute atomic E-state index is 5.42. The Bertz CT molecular complexity index is 8750. The van der Waals surface area contributed by atoms with Crippen molar-refractivity contribution in [3.8, 4) is 125 Å². The molecule has 0 fully saturated rings. The van der Waals surface area contributed by atoms with Crippen molar-refractivity contribution in [1.82, 2.24) is 54.8 Å². The van der Waals surface area contributed by atoms with Crippen LogP contribution in [0.5, 0.6) is 0 Å². The van der Waals surface area contributed by atoms with E-state index in [0.717, 1.165) is 122 Å². The molecule has 0 bridgehead atoms. The molecule has 26 rings (SSSR count). The third-order valence-electron chi connectivity index (χ3n) is 24.0. The summed E-state index contributed by atoms with van der Waals surface area (Å²) in [6.07, 6.45) is 1.95. The molecule has 11 nitrogen and oxygen atoms in total. The van der Waals surface area contributed by atoms with Crippen LogP contribution in [-0.2, 0) is 0 Å². The Morgan fingerprint density at radius 2 is 0.403 bits per heavy atom. The minimum atomic E-state index is 0.626. The fourth-order valence-electron chi connectivity index (χ4n) is 17.8. The summed E-state index contributed by atoms with van der Waals surface area (Å²) in [4.78, 5) is 55.7. The number of pyridine rings is 3. The highest BCUT2D eigenvalue weighted by Gasteiger charge is 2.24. The Hall–Kier alpha value is -16.5. The molecule has 0 saturated heterocycles. The van der Waals surface area contributed by atoms with Crippen LogP contribution in [0.25, 0.3) is 250 Å². The lowest BCUT2D eigenvalue weighted by Crippen LogP contribution is -2.00. The molecule has 0 unspecified atom stereocenters. The number of aromatic nitrogens is 11. The van der Waals surface area contributed by atoms with Gasteiger partial charge in [0.1, 0.15) is 0 Å². The summed E-state index contributed by atoms with van der Waals surface area (Å²) in [7, 11) is 0. The lowest BCUT2D eigenvalue weighted by Gasteiger charge is -2.14. The molecule has 0 radical (unpaired) electrons. The van der Waals surface area contributed by atoms with E-state index < -0.39 is 0 Å². The van der Waals surface area contributed by atoms with E-state index >= 15 is 0 Å². The van der Waals surface area contributed by atoms with Gasteiger partial charge in [0.05, 0.1) is 53.4 Å². The molecule has 26 aromatic rings. The van der Waals surface area contributed by atoms with Crippen LogP contribution in [0, 0.1) is 0 Å². The summed E-state index contributed by atoms with van der Waals surface area (Å²) in [6.45, 7) is 0. The van der Waals surface area contributed by atoms with E-state index in [2.05, 4.69) is 255 Å². The second-order valence-corrected chi connectivity index (χ2v) is 34.9. The van der Waals surface area contributed by atoms with Crippen molar-refractivity contribution in [2.45, 2.75) is 0 Å². The SMILES string of the molecule is c1ccc(-c2nc(-c3ccccc3)nc(-c3ccc(-c4nc5c(ccc6c7ccccc7sc65)c5ccccc45)cc3)n2)cc1.c1ccc(-c2nc(-c3ccccc3)nc(-c3cccc(-c4nc5c(ccc6c7ccccc7sc65)c5ccccc45)c3)n2)cc1.c1ccc(-c2ncc(-c3nc4c(ccc5c6ccccc6sc54)c4ccccc34)c(-c3ccccc3)n2)cc1. The van der Waals surface area contributed by atoms with Crippen molar-refractivity contribution in [3.63, 3.8) is 0 Å². The van der Waals surface area contributed by atoms with Crippen molar-refractivity contribution in [2.24, 2.45) is 0 Å². The fraction of sp³-hybridized carbons (Fsp3) is 0. The van der Waals surface area contributed by atoms with E-state index in [1.165, 1.54) is 87.4 Å². The largest absolute Gasteiger partial charge is 0.246 e. The predicted molar refractivity (Wildman–Crippen MR) is 539 cm³/mol. The first-order valence-corrected chi connectivity index (χ1v) is 45.2. The zero-order valence-corrected chi connectivity index (χ0v) is 71.4. The molecule has 129 heavy (non-hydrogen) atoms. The number of hydrogen-bond donors (Lipinski definition) is 0. The Labute approximate surface area is 752 Å². The van der Waals surface area contributed by atoms with Gasteiger partial charge >= 0.3 is 0 Å². The van der Waals surface area contributed by atoms with Crippen molar-refractivity contribution in [3.05, 3.63) is 419 Å². The van der Waals surface area contributed by atoms with Gasteiger partial charge in [0.2, 0.25) is 0 Å². The topological polar surface area (TPSA) is 142 Å². The van der Waals surface area contributed by atoms with Crippen LogP contribution < -0.4 is 0 Å². The minimum absolute atomic E-state index is 0.626. The summed E-state index contributed by atoms with van der Waals surface area (Å²) in [5, 5.41) is 18.0. The standard InChI is InChI=1S/2C40H24N4S.C35H21N3S/c1-3-12-25(13-4-1)38-42-39(26-14-5-2-6-15-26)44-40(43-38)28-17-11-16-27(24-28)35-31-20-8-7-18-29(31)32-22-23-33-30-19-9-10-21-34(30)45-37(33)36(32)41-35;1-3-11-26(12-4-1)38-42-39(27-13-5-2-6-14-27)44-40(43-38)28-21-19-25(20-22-28)35-31-17-8-7-15-29(31)32-23-24-33-30-16-9-10-18-34(30)45-37(33)36(32)41-35;1-3-11-22(12-4-1)31-29(21-36-35(38-31)23-13-5-2-6-14-23)32-26-17-8-7-15-24(26)27-19-20-28-25-16-9-10-18-30(25)39-34(28)33(27)37-32/h2*1-24H;1-21H. The fourth-order valence-corrected chi connectivity index (χ4v) is 21.4. The van der Waals surface area contributed by atoms with Crippen molar-refractivity contribution < 1.29 is 0 Å². The van der Waals surface area contributed by atoms with Crippen molar-refractivity contribution >= 4 is 160 Å². The molecule has 0 atom stereocenters. The lowest BCUT2D eigenvalue weighted by molar-refractivity contribution is 1.07. The smallest absolute Gasteiger partial charge is 0.164 e. The molecule has 14 heteroatoms. The van der Waals surface area contributed by atoms with Gasteiger partial charge in [-0.3, -0.25) is 0 Å². The summed E-state index contributed by atoms with van der Waals surface area (Å²) in [6, 6.07) is 143. The molecule has 0 aliphatic carbocycles. The molecule has 9 aromatic heterocycles. The highest BCUT2D eigenvalue weighted by atomic mass is 32.1. The van der Waals surface area contributed by atoms with Gasteiger partial charge in [-0.15, -0.1) is 34.0 Å². The third kappa shape index (κ3) is 14.0. The monoisotopic (exact) mass is 1700 g/mol. The molecule has 602 valence electrons. The minimum Gasteiger partial charge on any atom is -0.246 e. The van der Waals surface area contributed by atoms with E-state index in [0.29, 0.717) is 40.8 Å². The normalized spacial score (nSPS) is 11.6. The first-order chi connectivity index (χ1) is 63.9. The molecule has 9 heterocycles. The van der Waals surface area contributed by atoms with Gasteiger partial charge in [-0.2, -0.15) is 0 Å². The van der Waals surface area contributed by atoms with Gasteiger partial charge in [0.15, 0.2) is 40.8 Å². The van der Waals surface area contributed by atoms with Gasteiger partial charge in [-0.1, -0.05) is 388 Å². The molecule has 0 N–H and O–H groups in total. The molecule has 0 spiro atoms. The molecule has 0 saturated carbocycles. The maximum atomic E-state index is 5.42. The highest BCUT2D eigenvalue weighted by molar-refractivity contribution is 7.27. The quantitative estimate of drug-likeness (QED) is 0.114. The third-order valence-corrected chi connectivity index (χ3v) is 27.6. The summed E-state index contributed by atoms with van der Waals surface area (Å²) in [5.74, 6) is 4.56. The predicted octanol–water partition coefficient (Wildman–Crippen LogP) is 30.8. The average Bonchev–Trinajstić information content (AvgIpc) is 1.48. The van der Waals surface area contributed by atoms with Crippen LogP contribution in [0.15, 0.2) is 419 Å². The van der Waals surface area contributed by atoms with E-state index in [1.807, 2.05) is 198 Å². The van der Waals surface area contributed by atoms with Crippen LogP contribution in [0.4, 0.5) is 0 Å². The Kier molecular flexibility index (Phi) is 19.2. The Morgan fingerprint density at radius 1 is 0.147 bits per heavy atom. The van der Waals surface area contributed by atoms with Crippen LogP contribution in [0.3, 0.4) is 0 Å². The number of thiophene rings is 3. The lowest BCUT2D eigenvalue weighted by atomic mass is 9.97. The highest BCUT2D eigenvalue weighted by Crippen LogP contribution is 2.47. The number of rotatable bonds is 11. The zero-order valence-electron chi connectivity index (χ0n) is 69.0. The first kappa shape index (κ1) is 76.2. The number of fused-ring (bicyclic) bond motifs is 21. The molecular formula is C115H69N11S3. The van der Waals surface area contributed by atoms with Gasteiger partial charge in [0.25, 0.3) is 0 Å². The second-order valence-electron chi connectivity index (χ2n) is 31.8. The summed E-state index contributed by atoms with van der Waals surface area (Å²) < 4.78 is 7.49. The van der Waals surface area contributed by atoms with E-state index in [9.17, 15) is 0 Å². The van der Waals surface area contributed by atoms with Crippen LogP contribution in [0.2, 0.25) is 0 Å². The second kappa shape index (κ2) is 32.6. The van der Waals surface area contributed by atoms with E-state index in [4.69, 9.17) is 54.8 Å². The average molecular weight is 1700 g/mol. The van der Waals surface area contributed by atoms with Crippen LogP contribution in [0.1, 0.15) is 0 Å². The van der Waals surface area contributed by atoms with Crippen molar-refractivity contribution in [2.75, 3.05) is 0 Å². The molecule has 0 aliphatic heterocycles. The van der Waals surface area contributed by atoms with Gasteiger partial charge < -0.3 is 0 Å². The zero-order chi connectivity index (χ0) is 85.2. The summed E-state index contributed by atoms with van der Waals surface area (Å²) >= 11 is 5.44. The molecular weight excluding hydrogens is 1630 g/mol. The number of benzene rings is 17. The van der Waals surface area contributed by atoms with Gasteiger partial charge in [-0.25, -0.2) is 54.8 Å². The molecule has 17 aromatic carbocycles. The van der Waals surface area contributed by atoms with Crippen molar-refractivity contribution in [1.29, 1.82) is 0 Å². The maximum Gasteiger partial charge on any atom is 0.164 e. The summed E-state index contributed by atoms with van der Waals surface area (Å²) in [5.41, 5.74) is 17.5.